The topological polar surface area (TPSA) is 105 Å². The van der Waals surface area contributed by atoms with E-state index in [0.29, 0.717) is 22.7 Å². The Balaban J connectivity index is 1.53. The first kappa shape index (κ1) is 18.4. The van der Waals surface area contributed by atoms with Gasteiger partial charge in [0, 0.05) is 23.4 Å². The highest BCUT2D eigenvalue weighted by atomic mass is 16.5. The predicted octanol–water partition coefficient (Wildman–Crippen LogP) is 3.06. The number of aromatic carboxylic acids is 1. The third-order valence-electron chi connectivity index (χ3n) is 4.16. The van der Waals surface area contributed by atoms with Crippen molar-refractivity contribution in [1.82, 2.24) is 0 Å². The van der Waals surface area contributed by atoms with Crippen molar-refractivity contribution in [1.29, 1.82) is 0 Å². The first-order valence-corrected chi connectivity index (χ1v) is 8.60. The Bertz CT molecular complexity index is 890. The Kier molecular flexibility index (Phi) is 5.40. The van der Waals surface area contributed by atoms with Crippen molar-refractivity contribution < 1.29 is 24.2 Å². The molecular weight excluding hydrogens is 348 g/mol. The summed E-state index contributed by atoms with van der Waals surface area (Å²) in [6.45, 7) is 1.46. The van der Waals surface area contributed by atoms with Crippen LogP contribution in [0.2, 0.25) is 0 Å². The lowest BCUT2D eigenvalue weighted by Gasteiger charge is -2.10. The fourth-order valence-corrected chi connectivity index (χ4v) is 2.58. The number of carbonyl (C=O) groups excluding carboxylic acids is 2. The van der Waals surface area contributed by atoms with E-state index in [1.54, 1.807) is 37.3 Å². The van der Waals surface area contributed by atoms with Crippen LogP contribution < -0.4 is 15.4 Å². The fraction of sp³-hybridized carbons (Fsp3) is 0.250. The molecule has 0 radical (unpaired) electrons. The van der Waals surface area contributed by atoms with E-state index in [9.17, 15) is 14.4 Å². The molecule has 2 amide bonds. The summed E-state index contributed by atoms with van der Waals surface area (Å²) in [7, 11) is 0. The molecule has 0 bridgehead atoms. The average molecular weight is 368 g/mol. The van der Waals surface area contributed by atoms with Crippen LogP contribution >= 0.6 is 0 Å². The van der Waals surface area contributed by atoms with E-state index < -0.39 is 5.97 Å². The molecule has 27 heavy (non-hydrogen) atoms. The van der Waals surface area contributed by atoms with Crippen molar-refractivity contribution in [3.63, 3.8) is 0 Å². The summed E-state index contributed by atoms with van der Waals surface area (Å²) in [5, 5.41) is 14.5. The molecule has 0 saturated heterocycles. The largest absolute Gasteiger partial charge is 0.484 e. The second-order valence-electron chi connectivity index (χ2n) is 6.46. The minimum atomic E-state index is -1.01. The molecule has 2 aromatic rings. The number of carbonyl (C=O) groups is 3. The lowest BCUT2D eigenvalue weighted by molar-refractivity contribution is -0.118. The second kappa shape index (κ2) is 7.90. The molecule has 3 N–H and O–H groups in total. The van der Waals surface area contributed by atoms with Crippen LogP contribution in [0.15, 0.2) is 42.5 Å². The van der Waals surface area contributed by atoms with Gasteiger partial charge in [0.1, 0.15) is 5.75 Å². The van der Waals surface area contributed by atoms with Crippen molar-refractivity contribution >= 4 is 29.2 Å². The Hall–Kier alpha value is -3.35. The molecule has 7 heteroatoms. The van der Waals surface area contributed by atoms with E-state index in [0.717, 1.165) is 12.8 Å². The van der Waals surface area contributed by atoms with E-state index in [2.05, 4.69) is 10.6 Å². The monoisotopic (exact) mass is 368 g/mol. The number of hydrogen-bond donors (Lipinski definition) is 3. The van der Waals surface area contributed by atoms with Crippen molar-refractivity contribution in [2.75, 3.05) is 17.2 Å². The number of carboxylic acids is 1. The SMILES string of the molecule is Cc1cc(NC(=O)COc2cccc(NC(=O)C3CC3)c2)ccc1C(=O)O. The van der Waals surface area contributed by atoms with Gasteiger partial charge in [-0.05, 0) is 55.7 Å². The van der Waals surface area contributed by atoms with Gasteiger partial charge in [-0.2, -0.15) is 0 Å². The van der Waals surface area contributed by atoms with E-state index in [1.165, 1.54) is 12.1 Å². The standard InChI is InChI=1S/C20H20N2O5/c1-12-9-15(7-8-17(12)20(25)26)21-18(23)11-27-16-4-2-3-14(10-16)22-19(24)13-5-6-13/h2-4,7-10,13H,5-6,11H2,1H3,(H,21,23)(H,22,24)(H,25,26). The van der Waals surface area contributed by atoms with Gasteiger partial charge in [-0.3, -0.25) is 9.59 Å². The summed E-state index contributed by atoms with van der Waals surface area (Å²) in [4.78, 5) is 34.9. The highest BCUT2D eigenvalue weighted by molar-refractivity contribution is 5.95. The van der Waals surface area contributed by atoms with Crippen molar-refractivity contribution in [3.05, 3.63) is 53.6 Å². The van der Waals surface area contributed by atoms with E-state index in [1.807, 2.05) is 0 Å². The normalized spacial score (nSPS) is 12.9. The van der Waals surface area contributed by atoms with Crippen LogP contribution in [-0.2, 0) is 9.59 Å². The lowest BCUT2D eigenvalue weighted by atomic mass is 10.1. The number of ether oxygens (including phenoxy) is 1. The van der Waals surface area contributed by atoms with Gasteiger partial charge in [-0.25, -0.2) is 4.79 Å². The number of hydrogen-bond acceptors (Lipinski definition) is 4. The third-order valence-corrected chi connectivity index (χ3v) is 4.16. The number of rotatable bonds is 7. The lowest BCUT2D eigenvalue weighted by Crippen LogP contribution is -2.20. The third kappa shape index (κ3) is 5.07. The van der Waals surface area contributed by atoms with Crippen LogP contribution in [0.5, 0.6) is 5.75 Å². The van der Waals surface area contributed by atoms with E-state index in [4.69, 9.17) is 9.84 Å². The summed E-state index contributed by atoms with van der Waals surface area (Å²) < 4.78 is 5.47. The van der Waals surface area contributed by atoms with Crippen molar-refractivity contribution in [2.24, 2.45) is 5.92 Å². The molecule has 2 aromatic carbocycles. The number of aryl methyl sites for hydroxylation is 1. The molecule has 3 rings (SSSR count). The molecule has 0 aromatic heterocycles. The maximum atomic E-state index is 12.1. The zero-order valence-electron chi connectivity index (χ0n) is 14.8. The minimum absolute atomic E-state index is 0.00470. The zero-order valence-corrected chi connectivity index (χ0v) is 14.8. The Morgan fingerprint density at radius 1 is 1.07 bits per heavy atom. The highest BCUT2D eigenvalue weighted by Gasteiger charge is 2.29. The van der Waals surface area contributed by atoms with Crippen LogP contribution in [0.3, 0.4) is 0 Å². The molecule has 140 valence electrons. The van der Waals surface area contributed by atoms with Crippen molar-refractivity contribution in [3.8, 4) is 5.75 Å². The summed E-state index contributed by atoms with van der Waals surface area (Å²) in [5.74, 6) is -0.801. The van der Waals surface area contributed by atoms with E-state index in [-0.39, 0.29) is 29.9 Å². The number of benzene rings is 2. The summed E-state index contributed by atoms with van der Waals surface area (Å²) in [6, 6.07) is 11.4. The predicted molar refractivity (Wildman–Crippen MR) is 100 cm³/mol. The van der Waals surface area contributed by atoms with Crippen LogP contribution in [0.4, 0.5) is 11.4 Å². The van der Waals surface area contributed by atoms with Gasteiger partial charge < -0.3 is 20.5 Å². The Morgan fingerprint density at radius 2 is 1.81 bits per heavy atom. The van der Waals surface area contributed by atoms with Gasteiger partial charge in [0.05, 0.1) is 5.56 Å². The van der Waals surface area contributed by atoms with Gasteiger partial charge in [0.25, 0.3) is 5.91 Å². The van der Waals surface area contributed by atoms with Crippen LogP contribution in [0.25, 0.3) is 0 Å². The number of carboxylic acid groups (broad SMARTS) is 1. The maximum Gasteiger partial charge on any atom is 0.335 e. The molecule has 1 aliphatic carbocycles. The number of amides is 2. The maximum absolute atomic E-state index is 12.1. The fourth-order valence-electron chi connectivity index (χ4n) is 2.58. The van der Waals surface area contributed by atoms with Crippen LogP contribution in [-0.4, -0.2) is 29.5 Å². The zero-order chi connectivity index (χ0) is 19.4. The molecule has 7 nitrogen and oxygen atoms in total. The summed E-state index contributed by atoms with van der Waals surface area (Å²) in [6.07, 6.45) is 1.85. The van der Waals surface area contributed by atoms with Crippen LogP contribution in [0, 0.1) is 12.8 Å². The quantitative estimate of drug-likeness (QED) is 0.697. The molecule has 1 saturated carbocycles. The van der Waals surface area contributed by atoms with Gasteiger partial charge in [-0.15, -0.1) is 0 Å². The molecule has 1 fully saturated rings. The average Bonchev–Trinajstić information content (AvgIpc) is 3.45. The highest BCUT2D eigenvalue weighted by Crippen LogP contribution is 2.30. The first-order valence-electron chi connectivity index (χ1n) is 8.60. The molecule has 0 unspecified atom stereocenters. The van der Waals surface area contributed by atoms with Gasteiger partial charge >= 0.3 is 5.97 Å². The molecule has 0 atom stereocenters. The molecule has 0 spiro atoms. The van der Waals surface area contributed by atoms with Gasteiger partial charge in [0.2, 0.25) is 5.91 Å². The number of anilines is 2. The molecular formula is C20H20N2O5. The smallest absolute Gasteiger partial charge is 0.335 e. The number of nitrogens with one attached hydrogen (secondary N) is 2. The minimum Gasteiger partial charge on any atom is -0.484 e. The van der Waals surface area contributed by atoms with Gasteiger partial charge in [0.15, 0.2) is 6.61 Å². The van der Waals surface area contributed by atoms with E-state index >= 15 is 0 Å². The molecule has 0 heterocycles. The Morgan fingerprint density at radius 3 is 2.48 bits per heavy atom. The van der Waals surface area contributed by atoms with Crippen LogP contribution in [0.1, 0.15) is 28.8 Å². The molecule has 1 aliphatic rings. The Labute approximate surface area is 156 Å². The second-order valence-corrected chi connectivity index (χ2v) is 6.46. The first-order chi connectivity index (χ1) is 12.9. The summed E-state index contributed by atoms with van der Waals surface area (Å²) in [5.41, 5.74) is 1.87. The van der Waals surface area contributed by atoms with Crippen molar-refractivity contribution in [2.45, 2.75) is 19.8 Å². The summed E-state index contributed by atoms with van der Waals surface area (Å²) >= 11 is 0. The van der Waals surface area contributed by atoms with Gasteiger partial charge in [-0.1, -0.05) is 6.07 Å². The molecule has 0 aliphatic heterocycles.